The zero-order valence-corrected chi connectivity index (χ0v) is 21.5. The van der Waals surface area contributed by atoms with Gasteiger partial charge in [-0.3, -0.25) is 14.5 Å². The minimum atomic E-state index is -0.966. The van der Waals surface area contributed by atoms with E-state index >= 15 is 0 Å². The second-order valence-electron chi connectivity index (χ2n) is 8.07. The van der Waals surface area contributed by atoms with Crippen LogP contribution in [0, 0.1) is 6.92 Å². The number of Topliss-reactive ketones (excluding diaryl/α,β-unsaturated/α-hetero) is 1. The summed E-state index contributed by atoms with van der Waals surface area (Å²) < 4.78 is 16.0. The molecule has 0 radical (unpaired) electrons. The Morgan fingerprint density at radius 3 is 2.25 bits per heavy atom. The molecule has 1 N–H and O–H groups in total. The molecule has 1 amide bonds. The normalized spacial score (nSPS) is 16.8. The number of benzene rings is 3. The molecule has 1 unspecified atom stereocenters. The molecule has 0 bridgehead atoms. The quantitative estimate of drug-likeness (QED) is 0.242. The van der Waals surface area contributed by atoms with Gasteiger partial charge in [-0.15, -0.1) is 0 Å². The van der Waals surface area contributed by atoms with Gasteiger partial charge in [0.1, 0.15) is 16.5 Å². The van der Waals surface area contributed by atoms with E-state index in [1.54, 1.807) is 42.5 Å². The fourth-order valence-electron chi connectivity index (χ4n) is 4.30. The van der Waals surface area contributed by atoms with Crippen LogP contribution in [0.4, 0.5) is 5.69 Å². The molecular formula is C27H23Cl2NO6. The summed E-state index contributed by atoms with van der Waals surface area (Å²) in [5, 5.41) is 11.6. The molecule has 0 spiro atoms. The highest BCUT2D eigenvalue weighted by Crippen LogP contribution is 2.48. The van der Waals surface area contributed by atoms with Gasteiger partial charge < -0.3 is 19.3 Å². The second kappa shape index (κ2) is 10.1. The van der Waals surface area contributed by atoms with E-state index in [1.165, 1.54) is 32.3 Å². The van der Waals surface area contributed by atoms with Crippen molar-refractivity contribution in [3.63, 3.8) is 0 Å². The third-order valence-electron chi connectivity index (χ3n) is 5.93. The maximum atomic E-state index is 13.4. The van der Waals surface area contributed by atoms with Gasteiger partial charge in [-0.05, 0) is 48.4 Å². The van der Waals surface area contributed by atoms with Crippen LogP contribution >= 0.6 is 23.2 Å². The van der Waals surface area contributed by atoms with Crippen LogP contribution < -0.4 is 19.1 Å². The van der Waals surface area contributed by atoms with Crippen LogP contribution in [0.3, 0.4) is 0 Å². The molecule has 1 aliphatic rings. The van der Waals surface area contributed by atoms with Crippen molar-refractivity contribution in [2.24, 2.45) is 0 Å². The molecule has 36 heavy (non-hydrogen) atoms. The first kappa shape index (κ1) is 25.4. The third kappa shape index (κ3) is 4.25. The van der Waals surface area contributed by atoms with E-state index in [1.807, 2.05) is 13.0 Å². The lowest BCUT2D eigenvalue weighted by molar-refractivity contribution is -0.132. The molecule has 1 saturated heterocycles. The highest BCUT2D eigenvalue weighted by molar-refractivity contribution is 6.52. The first-order valence-electron chi connectivity index (χ1n) is 10.8. The SMILES string of the molecule is COc1cccc(C2/C(=C(\O)c3cc(Cl)c(OC)c(Cl)c3OC)C(=O)C(=O)N2c2cccc(C)c2)c1. The molecule has 3 aromatic rings. The highest BCUT2D eigenvalue weighted by atomic mass is 35.5. The van der Waals surface area contributed by atoms with Crippen molar-refractivity contribution in [1.82, 2.24) is 0 Å². The third-order valence-corrected chi connectivity index (χ3v) is 6.55. The van der Waals surface area contributed by atoms with Gasteiger partial charge in [0.15, 0.2) is 11.5 Å². The molecule has 4 rings (SSSR count). The maximum absolute atomic E-state index is 13.4. The number of aliphatic hydroxyl groups is 1. The van der Waals surface area contributed by atoms with E-state index in [0.29, 0.717) is 17.0 Å². The predicted octanol–water partition coefficient (Wildman–Crippen LogP) is 5.95. The van der Waals surface area contributed by atoms with Crippen LogP contribution in [0.1, 0.15) is 22.7 Å². The molecule has 0 aromatic heterocycles. The molecule has 0 saturated carbocycles. The number of carbonyl (C=O) groups is 2. The number of ketones is 1. The van der Waals surface area contributed by atoms with Gasteiger partial charge >= 0.3 is 0 Å². The van der Waals surface area contributed by atoms with Gasteiger partial charge in [0.25, 0.3) is 11.7 Å². The Hall–Kier alpha value is -3.68. The predicted molar refractivity (Wildman–Crippen MR) is 139 cm³/mol. The van der Waals surface area contributed by atoms with Crippen molar-refractivity contribution >= 4 is 46.3 Å². The summed E-state index contributed by atoms with van der Waals surface area (Å²) >= 11 is 12.8. The zero-order chi connectivity index (χ0) is 26.1. The average Bonchev–Trinajstić information content (AvgIpc) is 3.14. The topological polar surface area (TPSA) is 85.3 Å². The second-order valence-corrected chi connectivity index (χ2v) is 8.86. The number of rotatable bonds is 6. The number of hydrogen-bond acceptors (Lipinski definition) is 6. The first-order chi connectivity index (χ1) is 17.2. The summed E-state index contributed by atoms with van der Waals surface area (Å²) in [7, 11) is 4.27. The monoisotopic (exact) mass is 527 g/mol. The Morgan fingerprint density at radius 2 is 1.61 bits per heavy atom. The van der Waals surface area contributed by atoms with Gasteiger partial charge in [-0.25, -0.2) is 0 Å². The largest absolute Gasteiger partial charge is 0.507 e. The lowest BCUT2D eigenvalue weighted by atomic mass is 9.94. The van der Waals surface area contributed by atoms with Crippen molar-refractivity contribution < 1.29 is 28.9 Å². The van der Waals surface area contributed by atoms with Crippen LogP contribution in [-0.2, 0) is 9.59 Å². The Bertz CT molecular complexity index is 1400. The summed E-state index contributed by atoms with van der Waals surface area (Å²) in [5.41, 5.74) is 1.85. The Balaban J connectivity index is 2.03. The minimum Gasteiger partial charge on any atom is -0.507 e. The van der Waals surface area contributed by atoms with Crippen LogP contribution in [0.5, 0.6) is 17.2 Å². The zero-order valence-electron chi connectivity index (χ0n) is 20.0. The van der Waals surface area contributed by atoms with E-state index in [0.717, 1.165) is 5.56 Å². The molecular weight excluding hydrogens is 505 g/mol. The molecule has 9 heteroatoms. The summed E-state index contributed by atoms with van der Waals surface area (Å²) in [5.74, 6) is -1.43. The van der Waals surface area contributed by atoms with Gasteiger partial charge in [-0.1, -0.05) is 47.5 Å². The molecule has 1 fully saturated rings. The van der Waals surface area contributed by atoms with Crippen molar-refractivity contribution in [2.75, 3.05) is 26.2 Å². The molecule has 186 valence electrons. The number of halogens is 2. The van der Waals surface area contributed by atoms with Crippen LogP contribution in [0.25, 0.3) is 5.76 Å². The highest BCUT2D eigenvalue weighted by Gasteiger charge is 2.47. The standard InChI is InChI=1S/C27H23Cl2NO6/c1-14-7-5-9-16(11-14)30-22(15-8-6-10-17(12-15)34-2)20(24(32)27(30)33)23(31)18-13-19(28)26(36-4)21(29)25(18)35-3/h5-13,22,31H,1-4H3/b23-20+. The van der Waals surface area contributed by atoms with E-state index in [9.17, 15) is 14.7 Å². The smallest absolute Gasteiger partial charge is 0.300 e. The number of nitrogens with zero attached hydrogens (tertiary/aromatic N) is 1. The minimum absolute atomic E-state index is 0.0138. The van der Waals surface area contributed by atoms with Crippen LogP contribution in [0.15, 0.2) is 60.2 Å². The molecule has 0 aliphatic carbocycles. The van der Waals surface area contributed by atoms with Crippen molar-refractivity contribution in [3.05, 3.63) is 86.9 Å². The van der Waals surface area contributed by atoms with Gasteiger partial charge in [0.05, 0.1) is 43.5 Å². The Labute approximate surface area is 218 Å². The summed E-state index contributed by atoms with van der Waals surface area (Å²) in [6, 6.07) is 14.5. The summed E-state index contributed by atoms with van der Waals surface area (Å²) in [4.78, 5) is 28.2. The van der Waals surface area contributed by atoms with Crippen LogP contribution in [-0.4, -0.2) is 38.1 Å². The number of amides is 1. The van der Waals surface area contributed by atoms with Gasteiger partial charge in [-0.2, -0.15) is 0 Å². The Morgan fingerprint density at radius 1 is 0.917 bits per heavy atom. The first-order valence-corrected chi connectivity index (χ1v) is 11.6. The number of methoxy groups -OCH3 is 3. The van der Waals surface area contributed by atoms with E-state index < -0.39 is 23.5 Å². The molecule has 1 heterocycles. The lowest BCUT2D eigenvalue weighted by Crippen LogP contribution is -2.29. The van der Waals surface area contributed by atoms with E-state index in [4.69, 9.17) is 37.4 Å². The van der Waals surface area contributed by atoms with Crippen molar-refractivity contribution in [2.45, 2.75) is 13.0 Å². The number of hydrogen-bond donors (Lipinski definition) is 1. The fourth-order valence-corrected chi connectivity index (χ4v) is 4.98. The number of anilines is 1. The molecule has 3 aromatic carbocycles. The van der Waals surface area contributed by atoms with E-state index in [-0.39, 0.29) is 32.7 Å². The number of ether oxygens (including phenoxy) is 3. The number of carbonyl (C=O) groups excluding carboxylic acids is 2. The molecule has 7 nitrogen and oxygen atoms in total. The van der Waals surface area contributed by atoms with Gasteiger partial charge in [0, 0.05) is 5.69 Å². The lowest BCUT2D eigenvalue weighted by Gasteiger charge is -2.26. The summed E-state index contributed by atoms with van der Waals surface area (Å²) in [6.45, 7) is 1.88. The van der Waals surface area contributed by atoms with Crippen molar-refractivity contribution in [1.29, 1.82) is 0 Å². The van der Waals surface area contributed by atoms with E-state index in [2.05, 4.69) is 0 Å². The van der Waals surface area contributed by atoms with Crippen LogP contribution in [0.2, 0.25) is 10.0 Å². The fraction of sp³-hybridized carbons (Fsp3) is 0.185. The maximum Gasteiger partial charge on any atom is 0.300 e. The number of aliphatic hydroxyl groups excluding tert-OH is 1. The molecule has 1 aliphatic heterocycles. The average molecular weight is 528 g/mol. The molecule has 1 atom stereocenters. The van der Waals surface area contributed by atoms with Crippen molar-refractivity contribution in [3.8, 4) is 17.2 Å². The Kier molecular flexibility index (Phi) is 7.15. The van der Waals surface area contributed by atoms with Gasteiger partial charge in [0.2, 0.25) is 0 Å². The summed E-state index contributed by atoms with van der Waals surface area (Å²) in [6.07, 6.45) is 0. The number of aryl methyl sites for hydroxylation is 1.